The van der Waals surface area contributed by atoms with Gasteiger partial charge in [-0.15, -0.1) is 0 Å². The van der Waals surface area contributed by atoms with Gasteiger partial charge >= 0.3 is 0 Å². The predicted octanol–water partition coefficient (Wildman–Crippen LogP) is 2.27. The summed E-state index contributed by atoms with van der Waals surface area (Å²) >= 11 is 0. The first kappa shape index (κ1) is 17.5. The van der Waals surface area contributed by atoms with Crippen LogP contribution < -0.4 is 14.8 Å². The maximum absolute atomic E-state index is 12.4. The summed E-state index contributed by atoms with van der Waals surface area (Å²) in [5.41, 5.74) is 2.59. The molecule has 3 rings (SSSR count). The highest BCUT2D eigenvalue weighted by atomic mass is 16.5. The number of hydrogen-bond donors (Lipinski definition) is 1. The Labute approximate surface area is 151 Å². The van der Waals surface area contributed by atoms with Crippen molar-refractivity contribution in [1.29, 1.82) is 0 Å². The molecule has 7 heteroatoms. The van der Waals surface area contributed by atoms with E-state index in [1.165, 1.54) is 13.4 Å². The summed E-state index contributed by atoms with van der Waals surface area (Å²) in [6.45, 7) is 1.09. The maximum Gasteiger partial charge on any atom is 0.255 e. The molecule has 0 fully saturated rings. The molecule has 134 valence electrons. The van der Waals surface area contributed by atoms with Crippen LogP contribution in [0.5, 0.6) is 11.5 Å². The number of amides is 1. The van der Waals surface area contributed by atoms with Crippen molar-refractivity contribution in [2.75, 3.05) is 14.2 Å². The van der Waals surface area contributed by atoms with Crippen LogP contribution >= 0.6 is 0 Å². The monoisotopic (exact) mass is 352 g/mol. The minimum Gasteiger partial charge on any atom is -0.497 e. The van der Waals surface area contributed by atoms with Gasteiger partial charge in [0.15, 0.2) is 0 Å². The molecule has 7 nitrogen and oxygen atoms in total. The molecule has 0 saturated carbocycles. The SMILES string of the molecule is COc1ccc(C(=O)NCc2ccc(Cn3cncn3)cc2)c(OC)c1. The molecule has 0 spiro atoms. The molecular weight excluding hydrogens is 332 g/mol. The number of rotatable bonds is 7. The van der Waals surface area contributed by atoms with E-state index >= 15 is 0 Å². The van der Waals surface area contributed by atoms with E-state index in [0.29, 0.717) is 30.2 Å². The lowest BCUT2D eigenvalue weighted by Crippen LogP contribution is -2.23. The number of hydrogen-bond acceptors (Lipinski definition) is 5. The van der Waals surface area contributed by atoms with Crippen molar-refractivity contribution in [1.82, 2.24) is 20.1 Å². The highest BCUT2D eigenvalue weighted by Gasteiger charge is 2.13. The number of aromatic nitrogens is 3. The van der Waals surface area contributed by atoms with E-state index in [1.54, 1.807) is 36.3 Å². The van der Waals surface area contributed by atoms with Crippen LogP contribution in [0, 0.1) is 0 Å². The molecule has 1 heterocycles. The van der Waals surface area contributed by atoms with E-state index in [2.05, 4.69) is 15.4 Å². The Morgan fingerprint density at radius 3 is 2.50 bits per heavy atom. The molecule has 0 bridgehead atoms. The molecular formula is C19H20N4O3. The zero-order valence-electron chi connectivity index (χ0n) is 14.7. The highest BCUT2D eigenvalue weighted by Crippen LogP contribution is 2.24. The Morgan fingerprint density at radius 1 is 1.08 bits per heavy atom. The smallest absolute Gasteiger partial charge is 0.255 e. The topological polar surface area (TPSA) is 78.3 Å². The lowest BCUT2D eigenvalue weighted by atomic mass is 10.1. The van der Waals surface area contributed by atoms with Crippen LogP contribution in [0.2, 0.25) is 0 Å². The summed E-state index contributed by atoms with van der Waals surface area (Å²) in [7, 11) is 3.10. The Bertz CT molecular complexity index is 861. The highest BCUT2D eigenvalue weighted by molar-refractivity contribution is 5.97. The third kappa shape index (κ3) is 4.18. The molecule has 3 aromatic rings. The molecule has 1 amide bonds. The van der Waals surface area contributed by atoms with Crippen molar-refractivity contribution in [3.8, 4) is 11.5 Å². The fourth-order valence-electron chi connectivity index (χ4n) is 2.53. The molecule has 0 atom stereocenters. The first-order chi connectivity index (χ1) is 12.7. The zero-order valence-corrected chi connectivity index (χ0v) is 14.7. The quantitative estimate of drug-likeness (QED) is 0.706. The van der Waals surface area contributed by atoms with E-state index in [0.717, 1.165) is 11.1 Å². The number of carbonyl (C=O) groups is 1. The second-order valence-electron chi connectivity index (χ2n) is 5.66. The van der Waals surface area contributed by atoms with Gasteiger partial charge in [-0.2, -0.15) is 5.10 Å². The fourth-order valence-corrected chi connectivity index (χ4v) is 2.53. The van der Waals surface area contributed by atoms with E-state index in [9.17, 15) is 4.79 Å². The van der Waals surface area contributed by atoms with Crippen molar-refractivity contribution in [2.24, 2.45) is 0 Å². The Hall–Kier alpha value is -3.35. The molecule has 0 unspecified atom stereocenters. The average Bonchev–Trinajstić information content (AvgIpc) is 3.19. The van der Waals surface area contributed by atoms with E-state index < -0.39 is 0 Å². The molecule has 1 N–H and O–H groups in total. The summed E-state index contributed by atoms with van der Waals surface area (Å²) in [5.74, 6) is 0.919. The van der Waals surface area contributed by atoms with Crippen LogP contribution in [-0.4, -0.2) is 34.9 Å². The third-order valence-electron chi connectivity index (χ3n) is 3.94. The predicted molar refractivity (Wildman–Crippen MR) is 96.3 cm³/mol. The van der Waals surface area contributed by atoms with Gasteiger partial charge in [0.2, 0.25) is 0 Å². The molecule has 1 aromatic heterocycles. The van der Waals surface area contributed by atoms with Crippen molar-refractivity contribution in [3.05, 3.63) is 71.8 Å². The molecule has 0 saturated heterocycles. The van der Waals surface area contributed by atoms with Gasteiger partial charge in [-0.3, -0.25) is 4.79 Å². The normalized spacial score (nSPS) is 10.4. The fraction of sp³-hybridized carbons (Fsp3) is 0.211. The minimum atomic E-state index is -0.198. The van der Waals surface area contributed by atoms with Crippen molar-refractivity contribution >= 4 is 5.91 Å². The maximum atomic E-state index is 12.4. The van der Waals surface area contributed by atoms with Gasteiger partial charge in [0.1, 0.15) is 24.2 Å². The van der Waals surface area contributed by atoms with Crippen LogP contribution in [0.25, 0.3) is 0 Å². The number of benzene rings is 2. The zero-order chi connectivity index (χ0) is 18.4. The first-order valence-corrected chi connectivity index (χ1v) is 8.10. The standard InChI is InChI=1S/C19H20N4O3/c1-25-16-7-8-17(18(9-16)26-2)19(24)21-10-14-3-5-15(6-4-14)11-23-13-20-12-22-23/h3-9,12-13H,10-11H2,1-2H3,(H,21,24). The van der Waals surface area contributed by atoms with Crippen LogP contribution in [0.4, 0.5) is 0 Å². The van der Waals surface area contributed by atoms with Crippen LogP contribution in [0.3, 0.4) is 0 Å². The van der Waals surface area contributed by atoms with Gasteiger partial charge in [0.05, 0.1) is 26.3 Å². The summed E-state index contributed by atoms with van der Waals surface area (Å²) in [6.07, 6.45) is 3.19. The molecule has 0 aliphatic heterocycles. The molecule has 0 aliphatic carbocycles. The van der Waals surface area contributed by atoms with Gasteiger partial charge in [-0.25, -0.2) is 9.67 Å². The molecule has 2 aromatic carbocycles. The lowest BCUT2D eigenvalue weighted by molar-refractivity contribution is 0.0948. The minimum absolute atomic E-state index is 0.198. The second kappa shape index (κ2) is 8.15. The van der Waals surface area contributed by atoms with Gasteiger partial charge in [-0.1, -0.05) is 24.3 Å². The number of carbonyl (C=O) groups excluding carboxylic acids is 1. The van der Waals surface area contributed by atoms with E-state index in [4.69, 9.17) is 9.47 Å². The third-order valence-corrected chi connectivity index (χ3v) is 3.94. The largest absolute Gasteiger partial charge is 0.497 e. The summed E-state index contributed by atoms with van der Waals surface area (Å²) in [6, 6.07) is 13.1. The van der Waals surface area contributed by atoms with E-state index in [-0.39, 0.29) is 5.91 Å². The summed E-state index contributed by atoms with van der Waals surface area (Å²) in [5, 5.41) is 6.99. The van der Waals surface area contributed by atoms with Gasteiger partial charge in [0.25, 0.3) is 5.91 Å². The molecule has 0 aliphatic rings. The number of nitrogens with zero attached hydrogens (tertiary/aromatic N) is 3. The summed E-state index contributed by atoms with van der Waals surface area (Å²) in [4.78, 5) is 16.4. The van der Waals surface area contributed by atoms with Gasteiger partial charge in [-0.05, 0) is 23.3 Å². The van der Waals surface area contributed by atoms with Crippen LogP contribution in [0.15, 0.2) is 55.1 Å². The Kier molecular flexibility index (Phi) is 5.48. The van der Waals surface area contributed by atoms with Gasteiger partial charge in [0, 0.05) is 12.6 Å². The summed E-state index contributed by atoms with van der Waals surface area (Å²) < 4.78 is 12.2. The number of ether oxygens (including phenoxy) is 2. The Morgan fingerprint density at radius 2 is 1.85 bits per heavy atom. The van der Waals surface area contributed by atoms with Crippen LogP contribution in [-0.2, 0) is 13.1 Å². The second-order valence-corrected chi connectivity index (χ2v) is 5.66. The molecule has 26 heavy (non-hydrogen) atoms. The van der Waals surface area contributed by atoms with E-state index in [1.807, 2.05) is 24.3 Å². The Balaban J connectivity index is 1.61. The number of nitrogens with one attached hydrogen (secondary N) is 1. The van der Waals surface area contributed by atoms with Crippen molar-refractivity contribution in [2.45, 2.75) is 13.1 Å². The molecule has 0 radical (unpaired) electrons. The van der Waals surface area contributed by atoms with Crippen molar-refractivity contribution < 1.29 is 14.3 Å². The lowest BCUT2D eigenvalue weighted by Gasteiger charge is -2.11. The van der Waals surface area contributed by atoms with Crippen molar-refractivity contribution in [3.63, 3.8) is 0 Å². The van der Waals surface area contributed by atoms with Gasteiger partial charge < -0.3 is 14.8 Å². The van der Waals surface area contributed by atoms with Crippen LogP contribution in [0.1, 0.15) is 21.5 Å². The average molecular weight is 352 g/mol. The number of methoxy groups -OCH3 is 2. The first-order valence-electron chi connectivity index (χ1n) is 8.10.